The lowest BCUT2D eigenvalue weighted by Crippen LogP contribution is -2.47. The Hall–Kier alpha value is -4.46. The van der Waals surface area contributed by atoms with Crippen molar-refractivity contribution in [2.45, 2.75) is 44.6 Å². The van der Waals surface area contributed by atoms with Crippen LogP contribution in [0.4, 0.5) is 4.79 Å². The lowest BCUT2D eigenvalue weighted by Gasteiger charge is -2.19. The lowest BCUT2D eigenvalue weighted by atomic mass is 9.98. The summed E-state index contributed by atoms with van der Waals surface area (Å²) in [4.78, 5) is 42.3. The van der Waals surface area contributed by atoms with Crippen LogP contribution in [0.1, 0.15) is 55.2 Å². The van der Waals surface area contributed by atoms with Gasteiger partial charge in [-0.25, -0.2) is 4.79 Å². The van der Waals surface area contributed by atoms with Crippen LogP contribution >= 0.6 is 0 Å². The van der Waals surface area contributed by atoms with Crippen molar-refractivity contribution in [3.63, 3.8) is 0 Å². The minimum atomic E-state index is -0.925. The Balaban J connectivity index is 1.28. The average molecular weight is 556 g/mol. The lowest BCUT2D eigenvalue weighted by molar-refractivity contribution is -0.143. The molecule has 0 radical (unpaired) electrons. The predicted molar refractivity (Wildman–Crippen MR) is 159 cm³/mol. The number of alkyl carbamates (subject to hydrolysis) is 1. The molecule has 2 amide bonds. The van der Waals surface area contributed by atoms with Crippen LogP contribution in [0.25, 0.3) is 11.1 Å². The molecular weight excluding hydrogens is 518 g/mol. The van der Waals surface area contributed by atoms with Gasteiger partial charge in [-0.1, -0.05) is 92.2 Å². The highest BCUT2D eigenvalue weighted by Crippen LogP contribution is 2.44. The molecule has 41 heavy (non-hydrogen) atoms. The number of fused-ring (bicyclic) bond motifs is 3. The SMILES string of the molecule is CCCCNC(=O)[C@H](CCC(=O)OCCN=Cc1ccccc1)NC(=O)OCC1c2ccccc2-c2ccccc21. The monoisotopic (exact) mass is 555 g/mol. The van der Waals surface area contributed by atoms with Gasteiger partial charge in [0.2, 0.25) is 5.91 Å². The normalized spacial score (nSPS) is 12.8. The molecule has 0 spiro atoms. The summed E-state index contributed by atoms with van der Waals surface area (Å²) >= 11 is 0. The molecule has 0 fully saturated rings. The minimum absolute atomic E-state index is 0.0298. The van der Waals surface area contributed by atoms with Crippen molar-refractivity contribution in [3.05, 3.63) is 95.6 Å². The average Bonchev–Trinajstić information content (AvgIpc) is 3.32. The first-order valence-electron chi connectivity index (χ1n) is 14.2. The highest BCUT2D eigenvalue weighted by molar-refractivity contribution is 5.86. The number of amides is 2. The number of aliphatic imine (C=N–C) groups is 1. The Morgan fingerprint density at radius 1 is 0.902 bits per heavy atom. The van der Waals surface area contributed by atoms with E-state index in [9.17, 15) is 14.4 Å². The van der Waals surface area contributed by atoms with Crippen molar-refractivity contribution in [3.8, 4) is 11.1 Å². The number of nitrogens with one attached hydrogen (secondary N) is 2. The maximum Gasteiger partial charge on any atom is 0.407 e. The van der Waals surface area contributed by atoms with Gasteiger partial charge in [0, 0.05) is 25.1 Å². The predicted octanol–water partition coefficient (Wildman–Crippen LogP) is 5.25. The molecule has 0 aliphatic heterocycles. The summed E-state index contributed by atoms with van der Waals surface area (Å²) in [6.07, 6.45) is 2.82. The molecular formula is C33H37N3O5. The van der Waals surface area contributed by atoms with Crippen LogP contribution in [-0.2, 0) is 19.1 Å². The number of hydrogen-bond acceptors (Lipinski definition) is 6. The molecule has 2 N–H and O–H groups in total. The number of unbranched alkanes of at least 4 members (excludes halogenated alkanes) is 1. The van der Waals surface area contributed by atoms with Crippen LogP contribution in [-0.4, -0.2) is 56.5 Å². The molecule has 214 valence electrons. The standard InChI is InChI=1S/C33H37N3O5/c1-2-3-19-35-32(38)30(17-18-31(37)40-21-20-34-22-24-11-5-4-6-12-24)36-33(39)41-23-29-27-15-9-7-13-25(27)26-14-8-10-16-28(26)29/h4-16,22,29-30H,2-3,17-21,23H2,1H3,(H,35,38)(H,36,39)/t30-/m0/s1. The van der Waals surface area contributed by atoms with E-state index in [4.69, 9.17) is 9.47 Å². The Morgan fingerprint density at radius 2 is 1.56 bits per heavy atom. The summed E-state index contributed by atoms with van der Waals surface area (Å²) in [5.74, 6) is -0.905. The molecule has 1 atom stereocenters. The summed E-state index contributed by atoms with van der Waals surface area (Å²) in [5.41, 5.74) is 5.44. The number of nitrogens with zero attached hydrogens (tertiary/aromatic N) is 1. The minimum Gasteiger partial charge on any atom is -0.464 e. The fourth-order valence-electron chi connectivity index (χ4n) is 4.82. The molecule has 0 aromatic heterocycles. The first-order valence-corrected chi connectivity index (χ1v) is 14.2. The maximum atomic E-state index is 12.8. The number of esters is 1. The van der Waals surface area contributed by atoms with E-state index in [1.807, 2.05) is 73.7 Å². The second kappa shape index (κ2) is 15.4. The Bertz CT molecular complexity index is 1300. The van der Waals surface area contributed by atoms with Crippen molar-refractivity contribution >= 4 is 24.2 Å². The third-order valence-electron chi connectivity index (χ3n) is 6.94. The van der Waals surface area contributed by atoms with Gasteiger partial charge in [0.25, 0.3) is 0 Å². The summed E-state index contributed by atoms with van der Waals surface area (Å²) in [6, 6.07) is 24.9. The van der Waals surface area contributed by atoms with Gasteiger partial charge in [-0.05, 0) is 40.7 Å². The van der Waals surface area contributed by atoms with Crippen molar-refractivity contribution in [1.29, 1.82) is 0 Å². The van der Waals surface area contributed by atoms with Gasteiger partial charge in [0.05, 0.1) is 6.54 Å². The molecule has 1 aliphatic carbocycles. The Morgan fingerprint density at radius 3 is 2.24 bits per heavy atom. The van der Waals surface area contributed by atoms with Crippen molar-refractivity contribution in [2.24, 2.45) is 4.99 Å². The summed E-state index contributed by atoms with van der Waals surface area (Å²) in [7, 11) is 0. The number of carbonyl (C=O) groups excluding carboxylic acids is 3. The zero-order valence-electron chi connectivity index (χ0n) is 23.4. The second-order valence-corrected chi connectivity index (χ2v) is 9.87. The molecule has 3 aromatic carbocycles. The number of carbonyl (C=O) groups is 3. The molecule has 0 heterocycles. The molecule has 0 unspecified atom stereocenters. The zero-order chi connectivity index (χ0) is 28.9. The molecule has 3 aromatic rings. The van der Waals surface area contributed by atoms with Gasteiger partial charge in [0.15, 0.2) is 0 Å². The van der Waals surface area contributed by atoms with Crippen LogP contribution in [0, 0.1) is 0 Å². The van der Waals surface area contributed by atoms with Gasteiger partial charge in [0.1, 0.15) is 19.3 Å². The third-order valence-corrected chi connectivity index (χ3v) is 6.94. The molecule has 1 aliphatic rings. The van der Waals surface area contributed by atoms with E-state index < -0.39 is 18.1 Å². The third kappa shape index (κ3) is 8.51. The summed E-state index contributed by atoms with van der Waals surface area (Å²) < 4.78 is 10.9. The van der Waals surface area contributed by atoms with E-state index >= 15 is 0 Å². The van der Waals surface area contributed by atoms with Crippen LogP contribution in [0.5, 0.6) is 0 Å². The Kier molecular flexibility index (Phi) is 11.1. The molecule has 0 saturated carbocycles. The topological polar surface area (TPSA) is 106 Å². The fourth-order valence-corrected chi connectivity index (χ4v) is 4.82. The van der Waals surface area contributed by atoms with E-state index in [1.165, 1.54) is 0 Å². The van der Waals surface area contributed by atoms with Crippen LogP contribution in [0.15, 0.2) is 83.9 Å². The van der Waals surface area contributed by atoms with Gasteiger partial charge < -0.3 is 20.1 Å². The van der Waals surface area contributed by atoms with E-state index in [-0.39, 0.29) is 37.9 Å². The second-order valence-electron chi connectivity index (χ2n) is 9.87. The highest BCUT2D eigenvalue weighted by Gasteiger charge is 2.30. The molecule has 0 bridgehead atoms. The highest BCUT2D eigenvalue weighted by atomic mass is 16.5. The number of benzene rings is 3. The smallest absolute Gasteiger partial charge is 0.407 e. The van der Waals surface area contributed by atoms with Crippen LogP contribution in [0.2, 0.25) is 0 Å². The van der Waals surface area contributed by atoms with Gasteiger partial charge in [-0.15, -0.1) is 0 Å². The largest absolute Gasteiger partial charge is 0.464 e. The zero-order valence-corrected chi connectivity index (χ0v) is 23.4. The first-order chi connectivity index (χ1) is 20.1. The van der Waals surface area contributed by atoms with E-state index in [1.54, 1.807) is 6.21 Å². The van der Waals surface area contributed by atoms with Crippen molar-refractivity contribution in [2.75, 3.05) is 26.3 Å². The van der Waals surface area contributed by atoms with E-state index in [2.05, 4.69) is 27.8 Å². The summed E-state index contributed by atoms with van der Waals surface area (Å²) in [5, 5.41) is 5.49. The Labute approximate surface area is 241 Å². The van der Waals surface area contributed by atoms with Crippen molar-refractivity contribution < 1.29 is 23.9 Å². The van der Waals surface area contributed by atoms with Gasteiger partial charge >= 0.3 is 12.1 Å². The summed E-state index contributed by atoms with van der Waals surface area (Å²) in [6.45, 7) is 3.12. The molecule has 8 nitrogen and oxygen atoms in total. The molecule has 8 heteroatoms. The fraction of sp³-hybridized carbons (Fsp3) is 0.333. The van der Waals surface area contributed by atoms with Crippen LogP contribution in [0.3, 0.4) is 0 Å². The van der Waals surface area contributed by atoms with Crippen LogP contribution < -0.4 is 10.6 Å². The first kappa shape index (κ1) is 29.5. The number of hydrogen-bond donors (Lipinski definition) is 2. The van der Waals surface area contributed by atoms with Gasteiger partial charge in [-0.3, -0.25) is 14.6 Å². The van der Waals surface area contributed by atoms with E-state index in [0.717, 1.165) is 40.7 Å². The van der Waals surface area contributed by atoms with Gasteiger partial charge in [-0.2, -0.15) is 0 Å². The quantitative estimate of drug-likeness (QED) is 0.161. The van der Waals surface area contributed by atoms with E-state index in [0.29, 0.717) is 13.1 Å². The number of rotatable bonds is 14. The molecule has 0 saturated heterocycles. The van der Waals surface area contributed by atoms with Crippen molar-refractivity contribution in [1.82, 2.24) is 10.6 Å². The number of ether oxygens (including phenoxy) is 2. The molecule has 4 rings (SSSR count). The maximum absolute atomic E-state index is 12.8.